The minimum atomic E-state index is -0.283. The van der Waals surface area contributed by atoms with Crippen LogP contribution < -0.4 is 10.9 Å². The molecule has 0 spiro atoms. The predicted octanol–water partition coefficient (Wildman–Crippen LogP) is 2.50. The quantitative estimate of drug-likeness (QED) is 0.828. The van der Waals surface area contributed by atoms with E-state index in [0.29, 0.717) is 17.1 Å². The Kier molecular flexibility index (Phi) is 6.02. The minimum Gasteiger partial charge on any atom is -0.341 e. The van der Waals surface area contributed by atoms with Gasteiger partial charge in [-0.15, -0.1) is 6.42 Å². The largest absolute Gasteiger partial charge is 0.341 e. The number of aromatic nitrogens is 1. The van der Waals surface area contributed by atoms with Crippen molar-refractivity contribution in [3.63, 3.8) is 0 Å². The van der Waals surface area contributed by atoms with Crippen LogP contribution >= 0.6 is 11.6 Å². The maximum atomic E-state index is 11.9. The van der Waals surface area contributed by atoms with Gasteiger partial charge in [-0.1, -0.05) is 29.7 Å². The zero-order valence-corrected chi connectivity index (χ0v) is 13.3. The van der Waals surface area contributed by atoms with E-state index in [1.54, 1.807) is 10.8 Å². The number of benzene rings is 1. The molecule has 1 aromatic carbocycles. The second kappa shape index (κ2) is 8.21. The lowest BCUT2D eigenvalue weighted by atomic mass is 10.1. The number of hydrogen-bond donors (Lipinski definition) is 1. The van der Waals surface area contributed by atoms with Crippen molar-refractivity contribution in [3.05, 3.63) is 69.1 Å². The molecule has 0 saturated heterocycles. The van der Waals surface area contributed by atoms with Crippen LogP contribution in [0.2, 0.25) is 5.02 Å². The van der Waals surface area contributed by atoms with Gasteiger partial charge in [0.25, 0.3) is 11.5 Å². The second-order valence-corrected chi connectivity index (χ2v) is 5.50. The Labute approximate surface area is 140 Å². The molecule has 118 valence electrons. The molecule has 0 unspecified atom stereocenters. The lowest BCUT2D eigenvalue weighted by Crippen LogP contribution is -2.27. The highest BCUT2D eigenvalue weighted by Gasteiger charge is 2.06. The van der Waals surface area contributed by atoms with E-state index in [-0.39, 0.29) is 18.0 Å². The molecule has 1 heterocycles. The molecule has 2 aromatic rings. The smallest absolute Gasteiger partial charge is 0.253 e. The van der Waals surface area contributed by atoms with Crippen LogP contribution in [0.15, 0.2) is 47.4 Å². The molecule has 0 aliphatic carbocycles. The van der Waals surface area contributed by atoms with Crippen molar-refractivity contribution >= 4 is 17.5 Å². The molecule has 2 rings (SSSR count). The molecule has 23 heavy (non-hydrogen) atoms. The van der Waals surface area contributed by atoms with Crippen LogP contribution in [0.3, 0.4) is 0 Å². The number of halogens is 1. The van der Waals surface area contributed by atoms with Crippen molar-refractivity contribution in [2.45, 2.75) is 19.4 Å². The number of pyridine rings is 1. The summed E-state index contributed by atoms with van der Waals surface area (Å²) in [5, 5.41) is 3.28. The normalized spacial score (nSPS) is 10.1. The zero-order chi connectivity index (χ0) is 16.7. The standard InChI is InChI=1S/C18H17ClN2O2/c1-2-11-20-18(23)15-7-10-17(22)21(13-15)12-3-4-14-5-8-16(19)9-6-14/h1,5-10,13H,3-4,11-12H2,(H,20,23). The van der Waals surface area contributed by atoms with Gasteiger partial charge in [-0.2, -0.15) is 0 Å². The molecule has 1 amide bonds. The molecule has 1 aromatic heterocycles. The van der Waals surface area contributed by atoms with Gasteiger partial charge in [-0.25, -0.2) is 0 Å². The van der Waals surface area contributed by atoms with E-state index in [1.165, 1.54) is 12.1 Å². The third kappa shape index (κ3) is 5.01. The topological polar surface area (TPSA) is 51.1 Å². The van der Waals surface area contributed by atoms with E-state index in [0.717, 1.165) is 18.4 Å². The number of hydrogen-bond acceptors (Lipinski definition) is 2. The number of amides is 1. The van der Waals surface area contributed by atoms with Gasteiger partial charge in [0.1, 0.15) is 0 Å². The van der Waals surface area contributed by atoms with E-state index in [9.17, 15) is 9.59 Å². The molecule has 4 nitrogen and oxygen atoms in total. The van der Waals surface area contributed by atoms with Gasteiger partial charge in [-0.3, -0.25) is 9.59 Å². The number of carbonyl (C=O) groups is 1. The van der Waals surface area contributed by atoms with Crippen LogP contribution in [-0.4, -0.2) is 17.0 Å². The number of aryl methyl sites for hydroxylation is 2. The van der Waals surface area contributed by atoms with Gasteiger partial charge in [-0.05, 0) is 36.6 Å². The summed E-state index contributed by atoms with van der Waals surface area (Å²) in [6.45, 7) is 0.701. The number of rotatable bonds is 6. The first-order valence-corrected chi connectivity index (χ1v) is 7.64. The van der Waals surface area contributed by atoms with E-state index >= 15 is 0 Å². The highest BCUT2D eigenvalue weighted by Crippen LogP contribution is 2.11. The Morgan fingerprint density at radius 2 is 1.96 bits per heavy atom. The molecule has 0 aliphatic heterocycles. The van der Waals surface area contributed by atoms with Crippen LogP contribution in [0.4, 0.5) is 0 Å². The fraction of sp³-hybridized carbons (Fsp3) is 0.222. The molecule has 5 heteroatoms. The minimum absolute atomic E-state index is 0.130. The van der Waals surface area contributed by atoms with Crippen molar-refractivity contribution in [1.82, 2.24) is 9.88 Å². The third-order valence-electron chi connectivity index (χ3n) is 3.37. The molecule has 0 saturated carbocycles. The monoisotopic (exact) mass is 328 g/mol. The first kappa shape index (κ1) is 16.9. The maximum Gasteiger partial charge on any atom is 0.253 e. The summed E-state index contributed by atoms with van der Waals surface area (Å²) >= 11 is 5.85. The SMILES string of the molecule is C#CCNC(=O)c1ccc(=O)n(CCCc2ccc(Cl)cc2)c1. The zero-order valence-electron chi connectivity index (χ0n) is 12.6. The lowest BCUT2D eigenvalue weighted by molar-refractivity contribution is 0.0958. The average Bonchev–Trinajstić information content (AvgIpc) is 2.56. The average molecular weight is 329 g/mol. The van der Waals surface area contributed by atoms with Crippen molar-refractivity contribution in [2.75, 3.05) is 6.54 Å². The first-order valence-electron chi connectivity index (χ1n) is 7.27. The van der Waals surface area contributed by atoms with Gasteiger partial charge in [0.2, 0.25) is 0 Å². The molecule has 0 bridgehead atoms. The molecule has 1 N–H and O–H groups in total. The van der Waals surface area contributed by atoms with E-state index < -0.39 is 0 Å². The van der Waals surface area contributed by atoms with Crippen LogP contribution in [0.1, 0.15) is 22.3 Å². The summed E-state index contributed by atoms with van der Waals surface area (Å²) in [5.41, 5.74) is 1.45. The van der Waals surface area contributed by atoms with Crippen molar-refractivity contribution in [2.24, 2.45) is 0 Å². The van der Waals surface area contributed by atoms with Crippen molar-refractivity contribution in [1.29, 1.82) is 0 Å². The number of terminal acetylenes is 1. The highest BCUT2D eigenvalue weighted by atomic mass is 35.5. The Bertz CT molecular complexity index is 773. The fourth-order valence-electron chi connectivity index (χ4n) is 2.18. The van der Waals surface area contributed by atoms with Gasteiger partial charge < -0.3 is 9.88 Å². The van der Waals surface area contributed by atoms with Crippen LogP contribution in [0, 0.1) is 12.3 Å². The molecular formula is C18H17ClN2O2. The van der Waals surface area contributed by atoms with Crippen LogP contribution in [0.25, 0.3) is 0 Å². The van der Waals surface area contributed by atoms with Crippen molar-refractivity contribution in [3.8, 4) is 12.3 Å². The summed E-state index contributed by atoms with van der Waals surface area (Å²) in [7, 11) is 0. The van der Waals surface area contributed by atoms with E-state index in [4.69, 9.17) is 18.0 Å². The summed E-state index contributed by atoms with van der Waals surface area (Å²) in [4.78, 5) is 23.7. The van der Waals surface area contributed by atoms with Gasteiger partial charge in [0.05, 0.1) is 12.1 Å². The molecule has 0 aliphatic rings. The fourth-order valence-corrected chi connectivity index (χ4v) is 2.30. The van der Waals surface area contributed by atoms with Crippen LogP contribution in [0.5, 0.6) is 0 Å². The second-order valence-electron chi connectivity index (χ2n) is 5.07. The summed E-state index contributed by atoms with van der Waals surface area (Å²) in [6, 6.07) is 10.5. The van der Waals surface area contributed by atoms with E-state index in [2.05, 4.69) is 11.2 Å². The molecular weight excluding hydrogens is 312 g/mol. The van der Waals surface area contributed by atoms with Crippen LogP contribution in [-0.2, 0) is 13.0 Å². The summed E-state index contributed by atoms with van der Waals surface area (Å²) in [5.74, 6) is 2.06. The van der Waals surface area contributed by atoms with Gasteiger partial charge >= 0.3 is 0 Å². The Morgan fingerprint density at radius 3 is 2.65 bits per heavy atom. The third-order valence-corrected chi connectivity index (χ3v) is 3.63. The molecule has 0 atom stereocenters. The Morgan fingerprint density at radius 1 is 1.22 bits per heavy atom. The van der Waals surface area contributed by atoms with Gasteiger partial charge in [0, 0.05) is 23.8 Å². The molecule has 0 radical (unpaired) electrons. The lowest BCUT2D eigenvalue weighted by Gasteiger charge is -2.08. The Balaban J connectivity index is 1.99. The summed E-state index contributed by atoms with van der Waals surface area (Å²) < 4.78 is 1.54. The van der Waals surface area contributed by atoms with Crippen molar-refractivity contribution < 1.29 is 4.79 Å². The number of nitrogens with zero attached hydrogens (tertiary/aromatic N) is 1. The van der Waals surface area contributed by atoms with E-state index in [1.807, 2.05) is 24.3 Å². The van der Waals surface area contributed by atoms with Gasteiger partial charge in [0.15, 0.2) is 0 Å². The molecule has 0 fully saturated rings. The highest BCUT2D eigenvalue weighted by molar-refractivity contribution is 6.30. The summed E-state index contributed by atoms with van der Waals surface area (Å²) in [6.07, 6.45) is 8.30. The number of carbonyl (C=O) groups excluding carboxylic acids is 1. The number of nitrogens with one attached hydrogen (secondary N) is 1. The Hall–Kier alpha value is -2.51. The first-order chi connectivity index (χ1) is 11.1. The predicted molar refractivity (Wildman–Crippen MR) is 91.6 cm³/mol. The maximum absolute atomic E-state index is 11.9.